The number of carbonyl (C=O) groups is 2. The molecule has 734 valence electrons. The van der Waals surface area contributed by atoms with Crippen LogP contribution >= 0.6 is 178 Å². The number of benzene rings is 5. The zero-order valence-corrected chi connectivity index (χ0v) is 90.1. The molecule has 2 saturated heterocycles. The van der Waals surface area contributed by atoms with E-state index in [-0.39, 0.29) is 61.9 Å². The number of H-pyrrole nitrogens is 1. The summed E-state index contributed by atoms with van der Waals surface area (Å²) < 4.78 is 29.6. The Bertz CT molecular complexity index is 6050. The summed E-state index contributed by atoms with van der Waals surface area (Å²) in [4.78, 5) is 86.1. The Morgan fingerprint density at radius 3 is 1.21 bits per heavy atom. The van der Waals surface area contributed by atoms with Crippen LogP contribution in [0.15, 0.2) is 210 Å². The summed E-state index contributed by atoms with van der Waals surface area (Å²) >= 11 is 48.6. The molecule has 43 heteroatoms. The van der Waals surface area contributed by atoms with E-state index in [0.29, 0.717) is 70.7 Å². The van der Waals surface area contributed by atoms with Gasteiger partial charge < -0.3 is 29.6 Å². The van der Waals surface area contributed by atoms with Crippen molar-refractivity contribution in [2.45, 2.75) is 141 Å². The number of thiazole rings is 5. The van der Waals surface area contributed by atoms with Gasteiger partial charge in [0.25, 0.3) is 11.8 Å². The molecule has 2 unspecified atom stereocenters. The predicted octanol–water partition coefficient (Wildman–Crippen LogP) is 25.3. The van der Waals surface area contributed by atoms with Crippen molar-refractivity contribution in [3.05, 3.63) is 296 Å². The molecule has 0 bridgehead atoms. The summed E-state index contributed by atoms with van der Waals surface area (Å²) in [5.41, 5.74) is 16.2. The second-order valence-corrected chi connectivity index (χ2v) is 57.0. The Balaban J connectivity index is 0.000000288. The van der Waals surface area contributed by atoms with Gasteiger partial charge in [0.15, 0.2) is 45.6 Å². The van der Waals surface area contributed by atoms with Crippen molar-refractivity contribution in [1.29, 1.82) is 0 Å². The molecule has 2 fully saturated rings. The number of rotatable bonds is 23. The molecule has 17 rings (SSSR count). The molecule has 0 saturated carbocycles. The van der Waals surface area contributed by atoms with Crippen LogP contribution in [-0.2, 0) is 51.1 Å². The van der Waals surface area contributed by atoms with Gasteiger partial charge in [-0.2, -0.15) is 10.1 Å². The number of ether oxygens (including phenoxy) is 4. The summed E-state index contributed by atoms with van der Waals surface area (Å²) in [6.07, 6.45) is 23.3. The second-order valence-electron chi connectivity index (χ2n) is 30.2. The molecule has 2 amide bonds. The molecule has 5 aromatic carbocycles. The van der Waals surface area contributed by atoms with E-state index in [9.17, 15) is 9.59 Å². The normalized spacial score (nSPS) is 12.9. The third kappa shape index (κ3) is 38.7. The molecule has 28 nitrogen and oxygen atoms in total. The van der Waals surface area contributed by atoms with Crippen molar-refractivity contribution in [2.24, 2.45) is 22.4 Å². The van der Waals surface area contributed by atoms with Gasteiger partial charge in [-0.15, -0.1) is 66.9 Å². The van der Waals surface area contributed by atoms with Crippen LogP contribution in [0.25, 0.3) is 42.7 Å². The number of amides is 2. The first-order valence-corrected chi connectivity index (χ1v) is 59.8. The first kappa shape index (κ1) is 120. The van der Waals surface area contributed by atoms with Gasteiger partial charge in [-0.3, -0.25) is 36.3 Å². The molecule has 137 heavy (non-hydrogen) atoms. The van der Waals surface area contributed by atoms with Crippen LogP contribution in [0.2, 0.25) is 39.9 Å². The zero-order chi connectivity index (χ0) is 94.8. The number of carbonyl (C=O) groups excluding carboxylic acids is 2. The Kier molecular flexibility index (Phi) is 53.7. The average molecular weight is 2430 g/mol. The molecule has 0 radical (unpaired) electrons. The third-order valence-corrected chi connectivity index (χ3v) is 33.4. The summed E-state index contributed by atoms with van der Waals surface area (Å²) in [6.45, 7) is 1.56. The summed E-state index contributed by atoms with van der Waals surface area (Å²) in [5.74, 6) is 9.40. The number of aromatic nitrogens is 16. The average Bonchev–Trinajstić information content (AvgIpc) is 1.66. The number of aliphatic imine (C=N–C) groups is 1. The zero-order valence-electron chi connectivity index (χ0n) is 73.1. The van der Waals surface area contributed by atoms with Crippen LogP contribution in [0, 0.1) is 0 Å². The number of primary amides is 1. The molecule has 15 aromatic rings. The molecule has 12 heterocycles. The fraction of sp³-hybridized carbons (Fsp3) is 0.319. The van der Waals surface area contributed by atoms with Crippen LogP contribution in [0.3, 0.4) is 0 Å². The van der Waals surface area contributed by atoms with Crippen LogP contribution in [0.5, 0.6) is 0 Å². The monoisotopic (exact) mass is 2420 g/mol. The van der Waals surface area contributed by atoms with Crippen molar-refractivity contribution in [1.82, 2.24) is 89.4 Å². The Morgan fingerprint density at radius 2 is 0.861 bits per heavy atom. The Hall–Kier alpha value is -7.53. The minimum absolute atomic E-state index is 0. The summed E-state index contributed by atoms with van der Waals surface area (Å²) in [6, 6.07) is 46.6. The van der Waals surface area contributed by atoms with Crippen molar-refractivity contribution < 1.29 is 28.5 Å². The summed E-state index contributed by atoms with van der Waals surface area (Å²) in [5, 5.41) is 20.6. The van der Waals surface area contributed by atoms with Crippen LogP contribution in [0.1, 0.15) is 164 Å². The number of methoxy groups -OCH3 is 2. The summed E-state index contributed by atoms with van der Waals surface area (Å²) in [7, 11) is 10.6. The Morgan fingerprint density at radius 1 is 0.504 bits per heavy atom. The maximum absolute atomic E-state index is 12.1. The fourth-order valence-electron chi connectivity index (χ4n) is 12.5. The number of pyridine rings is 2. The van der Waals surface area contributed by atoms with Crippen LogP contribution in [0.4, 0.5) is 0 Å². The number of nitrogens with one attached hydrogen (secondary N) is 1. The van der Waals surface area contributed by atoms with Gasteiger partial charge >= 0.3 is 66.3 Å². The van der Waals surface area contributed by atoms with E-state index in [4.69, 9.17) is 92.8 Å². The van der Waals surface area contributed by atoms with Crippen molar-refractivity contribution in [3.8, 4) is 42.7 Å². The van der Waals surface area contributed by atoms with Crippen molar-refractivity contribution >= 4 is 219 Å². The number of halogens is 9. The maximum atomic E-state index is 12.1. The first-order valence-electron chi connectivity index (χ1n) is 40.7. The van der Waals surface area contributed by atoms with Gasteiger partial charge in [-0.25, -0.2) is 49.2 Å². The Labute approximate surface area is 885 Å². The molecular formula is C94H115Br4Cl5N22O6S5Sn. The standard InChI is InChI=1S/C22H20ClN5OS.C17H16BrClN4OS.C14H13BrClN3OS.C12H8BrClN4S.C11H8BrClN2OS.C5H13NO2.C5H4N.5CH4.3CH3.H4N2.Sn/c23-17-6-4-15(5-7-17)13-18-20(30-22(26-18)16-8-10-24-11-9-16)21-25-14-28(27-21)19-3-1-2-12-29-19;18-17-21-13(9-11-4-6-12(19)7-5-11)15(25-17)16-20-10-23(22-16)14-3-1-2-8-24-14;1-19(2)8-17-13(20)12-11(18-14(15)21-12)7-9-3-5-10(16)6-4-9;13-12-17-9(5-7-1-3-8(14)4-2-7)10(19-12)11-15-6-16-18-11;12-11-15-8(9(17-11)10(14)16)5-6-1-3-7(13)4-2-6;1-6(2)5(7-3)8-4;1-2-4-6-5-3-1;;;;;;;;;1-2;/h4-11,14,19H,1-3,12-13H2;4-7,10,14H,1-3,8-9H2;3-6,8H,7H2,1-2H3;1-4,6H,5H2,(H,15,16,18);1-4H,5H2,(H2,14,16);5H,1-4H3;2-5H;5*1H4;3*1H3;1-2H2;. The molecule has 0 spiro atoms. The van der Waals surface area contributed by atoms with Gasteiger partial charge in [0.2, 0.25) is 6.41 Å². The van der Waals surface area contributed by atoms with E-state index in [0.717, 1.165) is 163 Å². The quantitative estimate of drug-likeness (QED) is 0.0115. The van der Waals surface area contributed by atoms with E-state index in [2.05, 4.69) is 168 Å². The number of nitrogens with two attached hydrogens (primary N) is 3. The van der Waals surface area contributed by atoms with Crippen LogP contribution in [-0.4, -0.2) is 188 Å². The van der Waals surface area contributed by atoms with Gasteiger partial charge in [0.05, 0.1) is 49.4 Å². The van der Waals surface area contributed by atoms with E-state index >= 15 is 0 Å². The molecule has 7 N–H and O–H groups in total. The van der Waals surface area contributed by atoms with E-state index in [1.807, 2.05) is 188 Å². The van der Waals surface area contributed by atoms with Crippen molar-refractivity contribution in [3.63, 3.8) is 0 Å². The van der Waals surface area contributed by atoms with Gasteiger partial charge in [-0.1, -0.05) is 156 Å². The molecule has 2 atom stereocenters. The fourth-order valence-corrected chi connectivity index (χ4v) is 23.1. The second kappa shape index (κ2) is 61.3. The van der Waals surface area contributed by atoms with Gasteiger partial charge in [0, 0.05) is 117 Å². The van der Waals surface area contributed by atoms with E-state index in [1.54, 1.807) is 81.8 Å². The van der Waals surface area contributed by atoms with E-state index in [1.165, 1.54) is 35.3 Å². The SMILES string of the molecule is C.C.C.C.C.CN(C)C=NC(=O)c1sc(Br)nc1Cc1ccc(Cl)cc1.COC(OC)N(C)C.Clc1ccc(Cc2nc(-c3ccncc3)sc2-c2ncn(C3CCCCO3)n2)cc1.Clc1ccc(Cc2nc(Br)sc2-c2ncn(C3CCCCO3)n2)cc1.Clc1ccc(Cc2nc(Br)sc2-c2ncn[nH]2)cc1.NC(=O)c1sc(Br)nc1Cc1ccc(Cl)cc1.NN.[CH3][Sn]([CH3])([CH3])[c]1ccncc1. The molecular weight excluding hydrogens is 2310 g/mol. The number of aromatic amines is 1. The van der Waals surface area contributed by atoms with Gasteiger partial charge in [-0.05, 0) is 217 Å². The van der Waals surface area contributed by atoms with E-state index < -0.39 is 24.3 Å². The van der Waals surface area contributed by atoms with Gasteiger partial charge in [0.1, 0.15) is 33.7 Å². The predicted molar refractivity (Wildman–Crippen MR) is 583 cm³/mol. The number of hydrogen-bond acceptors (Lipinski definition) is 27. The molecule has 2 aliphatic heterocycles. The first-order chi connectivity index (χ1) is 63.5. The molecule has 2 aliphatic rings. The number of hydrogen-bond donors (Lipinski definition) is 4. The topological polar surface area (TPSA) is 361 Å². The minimum atomic E-state index is -1.75. The molecule has 0 aliphatic carbocycles. The number of hydrazine groups is 1. The number of nitrogens with zero attached hydrogens (tertiary/aromatic N) is 18. The third-order valence-electron chi connectivity index (χ3n) is 18.9. The molecule has 10 aromatic heterocycles. The van der Waals surface area contributed by atoms with Crippen LogP contribution < -0.4 is 21.0 Å². The van der Waals surface area contributed by atoms with Crippen molar-refractivity contribution in [2.75, 3.05) is 55.6 Å².